The van der Waals surface area contributed by atoms with E-state index >= 15 is 0 Å². The molecule has 3 nitrogen and oxygen atoms in total. The van der Waals surface area contributed by atoms with Gasteiger partial charge in [0, 0.05) is 23.8 Å². The Morgan fingerprint density at radius 3 is 2.87 bits per heavy atom. The number of ether oxygens (including phenoxy) is 1. The average molecular weight is 271 g/mol. The van der Waals surface area contributed by atoms with Crippen molar-refractivity contribution in [2.24, 2.45) is 0 Å². The molecule has 0 aliphatic carbocycles. The number of pyridine rings is 1. The van der Waals surface area contributed by atoms with Crippen LogP contribution in [0.1, 0.15) is 12.6 Å². The largest absolute Gasteiger partial charge is 0.378 e. The van der Waals surface area contributed by atoms with Crippen LogP contribution < -0.4 is 4.90 Å². The minimum atomic E-state index is 0.815. The molecule has 1 saturated heterocycles. The molecule has 1 fully saturated rings. The molecule has 4 heteroatoms. The highest BCUT2D eigenvalue weighted by molar-refractivity contribution is 9.10. The molecule has 1 aliphatic heterocycles. The number of rotatable bonds is 2. The highest BCUT2D eigenvalue weighted by atomic mass is 79.9. The zero-order valence-corrected chi connectivity index (χ0v) is 10.5. The SMILES string of the molecule is CCc1ncc(Br)cc1N1CCOCC1. The Bertz CT molecular complexity index is 337. The first-order chi connectivity index (χ1) is 7.31. The molecule has 1 aromatic heterocycles. The summed E-state index contributed by atoms with van der Waals surface area (Å²) in [5.41, 5.74) is 2.41. The standard InChI is InChI=1S/C11H15BrN2O/c1-2-10-11(7-9(12)8-13-10)14-3-5-15-6-4-14/h7-8H,2-6H2,1H3. The van der Waals surface area contributed by atoms with Crippen molar-refractivity contribution in [2.75, 3.05) is 31.2 Å². The van der Waals surface area contributed by atoms with Gasteiger partial charge in [-0.05, 0) is 28.4 Å². The Kier molecular flexibility index (Phi) is 3.59. The first kappa shape index (κ1) is 10.9. The van der Waals surface area contributed by atoms with Gasteiger partial charge in [0.1, 0.15) is 0 Å². The number of aromatic nitrogens is 1. The predicted molar refractivity (Wildman–Crippen MR) is 64.3 cm³/mol. The van der Waals surface area contributed by atoms with E-state index < -0.39 is 0 Å². The number of morpholine rings is 1. The van der Waals surface area contributed by atoms with Crippen LogP contribution in [-0.4, -0.2) is 31.3 Å². The fraction of sp³-hybridized carbons (Fsp3) is 0.545. The summed E-state index contributed by atoms with van der Waals surface area (Å²) in [5, 5.41) is 0. The van der Waals surface area contributed by atoms with Crippen LogP contribution >= 0.6 is 15.9 Å². The molecule has 82 valence electrons. The second-order valence-electron chi connectivity index (χ2n) is 3.57. The molecule has 0 aromatic carbocycles. The normalized spacial score (nSPS) is 16.8. The van der Waals surface area contributed by atoms with Gasteiger partial charge in [-0.25, -0.2) is 0 Å². The molecule has 0 radical (unpaired) electrons. The van der Waals surface area contributed by atoms with E-state index in [1.807, 2.05) is 6.20 Å². The van der Waals surface area contributed by atoms with Crippen molar-refractivity contribution < 1.29 is 4.74 Å². The van der Waals surface area contributed by atoms with Crippen molar-refractivity contribution in [1.82, 2.24) is 4.98 Å². The van der Waals surface area contributed by atoms with Gasteiger partial charge in [-0.2, -0.15) is 0 Å². The monoisotopic (exact) mass is 270 g/mol. The maximum Gasteiger partial charge on any atom is 0.0642 e. The van der Waals surface area contributed by atoms with Gasteiger partial charge in [-0.1, -0.05) is 6.92 Å². The fourth-order valence-electron chi connectivity index (χ4n) is 1.81. The Morgan fingerprint density at radius 2 is 2.20 bits per heavy atom. The molecule has 0 N–H and O–H groups in total. The van der Waals surface area contributed by atoms with Gasteiger partial charge in [0.2, 0.25) is 0 Å². The summed E-state index contributed by atoms with van der Waals surface area (Å²) in [6, 6.07) is 2.15. The summed E-state index contributed by atoms with van der Waals surface area (Å²) < 4.78 is 6.39. The lowest BCUT2D eigenvalue weighted by molar-refractivity contribution is 0.122. The van der Waals surface area contributed by atoms with E-state index in [2.05, 4.69) is 38.8 Å². The van der Waals surface area contributed by atoms with Gasteiger partial charge in [-0.3, -0.25) is 4.98 Å². The van der Waals surface area contributed by atoms with E-state index in [-0.39, 0.29) is 0 Å². The first-order valence-corrected chi connectivity index (χ1v) is 6.07. The second-order valence-corrected chi connectivity index (χ2v) is 4.49. The van der Waals surface area contributed by atoms with Crippen molar-refractivity contribution in [3.05, 3.63) is 22.4 Å². The molecule has 0 amide bonds. The molecule has 0 atom stereocenters. The van der Waals surface area contributed by atoms with Gasteiger partial charge in [0.05, 0.1) is 24.6 Å². The van der Waals surface area contributed by atoms with Crippen LogP contribution in [-0.2, 0) is 11.2 Å². The van der Waals surface area contributed by atoms with E-state index in [0.29, 0.717) is 0 Å². The van der Waals surface area contributed by atoms with E-state index in [1.54, 1.807) is 0 Å². The number of nitrogens with zero attached hydrogens (tertiary/aromatic N) is 2. The third kappa shape index (κ3) is 2.49. The number of hydrogen-bond acceptors (Lipinski definition) is 3. The lowest BCUT2D eigenvalue weighted by Gasteiger charge is -2.30. The van der Waals surface area contributed by atoms with Gasteiger partial charge < -0.3 is 9.64 Å². The maximum atomic E-state index is 5.35. The van der Waals surface area contributed by atoms with Gasteiger partial charge in [-0.15, -0.1) is 0 Å². The molecule has 0 unspecified atom stereocenters. The number of halogens is 1. The van der Waals surface area contributed by atoms with Gasteiger partial charge in [0.15, 0.2) is 0 Å². The van der Waals surface area contributed by atoms with Crippen LogP contribution in [0.3, 0.4) is 0 Å². The van der Waals surface area contributed by atoms with Crippen LogP contribution in [0.4, 0.5) is 5.69 Å². The van der Waals surface area contributed by atoms with E-state index in [4.69, 9.17) is 4.74 Å². The molecule has 0 saturated carbocycles. The second kappa shape index (κ2) is 4.94. The number of aryl methyl sites for hydroxylation is 1. The predicted octanol–water partition coefficient (Wildman–Crippen LogP) is 2.24. The fourth-order valence-corrected chi connectivity index (χ4v) is 2.13. The van der Waals surface area contributed by atoms with Crippen molar-refractivity contribution >= 4 is 21.6 Å². The van der Waals surface area contributed by atoms with Crippen molar-refractivity contribution in [3.8, 4) is 0 Å². The molecule has 15 heavy (non-hydrogen) atoms. The molecule has 1 aliphatic rings. The number of hydrogen-bond donors (Lipinski definition) is 0. The summed E-state index contributed by atoms with van der Waals surface area (Å²) >= 11 is 3.47. The minimum absolute atomic E-state index is 0.815. The smallest absolute Gasteiger partial charge is 0.0642 e. The maximum absolute atomic E-state index is 5.35. The van der Waals surface area contributed by atoms with Crippen molar-refractivity contribution in [3.63, 3.8) is 0 Å². The minimum Gasteiger partial charge on any atom is -0.378 e. The average Bonchev–Trinajstić information content (AvgIpc) is 2.30. The topological polar surface area (TPSA) is 25.4 Å². The van der Waals surface area contributed by atoms with E-state index in [9.17, 15) is 0 Å². The van der Waals surface area contributed by atoms with Crippen molar-refractivity contribution in [2.45, 2.75) is 13.3 Å². The van der Waals surface area contributed by atoms with Crippen LogP contribution in [0.2, 0.25) is 0 Å². The molecular formula is C11H15BrN2O. The zero-order chi connectivity index (χ0) is 10.7. The van der Waals surface area contributed by atoms with Crippen LogP contribution in [0.5, 0.6) is 0 Å². The Balaban J connectivity index is 2.27. The van der Waals surface area contributed by atoms with E-state index in [0.717, 1.165) is 37.2 Å². The molecular weight excluding hydrogens is 256 g/mol. The summed E-state index contributed by atoms with van der Waals surface area (Å²) in [6.07, 6.45) is 2.84. The first-order valence-electron chi connectivity index (χ1n) is 5.28. The zero-order valence-electron chi connectivity index (χ0n) is 8.87. The van der Waals surface area contributed by atoms with E-state index in [1.165, 1.54) is 11.4 Å². The van der Waals surface area contributed by atoms with Crippen molar-refractivity contribution in [1.29, 1.82) is 0 Å². The molecule has 0 spiro atoms. The summed E-state index contributed by atoms with van der Waals surface area (Å²) in [5.74, 6) is 0. The molecule has 1 aromatic rings. The third-order valence-electron chi connectivity index (χ3n) is 2.60. The summed E-state index contributed by atoms with van der Waals surface area (Å²) in [4.78, 5) is 6.79. The van der Waals surface area contributed by atoms with Crippen LogP contribution in [0.15, 0.2) is 16.7 Å². The molecule has 0 bridgehead atoms. The molecule has 2 heterocycles. The van der Waals surface area contributed by atoms with Gasteiger partial charge >= 0.3 is 0 Å². The summed E-state index contributed by atoms with van der Waals surface area (Å²) in [7, 11) is 0. The lowest BCUT2D eigenvalue weighted by atomic mass is 10.2. The lowest BCUT2D eigenvalue weighted by Crippen LogP contribution is -2.36. The van der Waals surface area contributed by atoms with Gasteiger partial charge in [0.25, 0.3) is 0 Å². The Hall–Kier alpha value is -0.610. The quantitative estimate of drug-likeness (QED) is 0.825. The van der Waals surface area contributed by atoms with Crippen LogP contribution in [0.25, 0.3) is 0 Å². The highest BCUT2D eigenvalue weighted by Gasteiger charge is 2.14. The Labute approximate surface area is 98.6 Å². The summed E-state index contributed by atoms with van der Waals surface area (Å²) in [6.45, 7) is 5.70. The third-order valence-corrected chi connectivity index (χ3v) is 3.03. The highest BCUT2D eigenvalue weighted by Crippen LogP contribution is 2.24. The van der Waals surface area contributed by atoms with Crippen LogP contribution in [0, 0.1) is 0 Å². The molecule has 2 rings (SSSR count). The Morgan fingerprint density at radius 1 is 1.47 bits per heavy atom. The number of anilines is 1.